The van der Waals surface area contributed by atoms with Gasteiger partial charge in [0.15, 0.2) is 0 Å². The first-order valence-corrected chi connectivity index (χ1v) is 3.94. The van der Waals surface area contributed by atoms with Gasteiger partial charge in [0.05, 0.1) is 6.10 Å². The van der Waals surface area contributed by atoms with Gasteiger partial charge in [0.2, 0.25) is 0 Å². The highest BCUT2D eigenvalue weighted by atomic mass is 16.3. The predicted octanol–water partition coefficient (Wildman–Crippen LogP) is 2.02. The van der Waals surface area contributed by atoms with Crippen molar-refractivity contribution in [2.24, 2.45) is 0 Å². The van der Waals surface area contributed by atoms with E-state index in [1.807, 2.05) is 24.3 Å². The summed E-state index contributed by atoms with van der Waals surface area (Å²) in [7, 11) is 0. The number of benzene rings is 1. The Bertz CT molecular complexity index is 356. The Morgan fingerprint density at radius 1 is 1.58 bits per heavy atom. The van der Waals surface area contributed by atoms with E-state index >= 15 is 0 Å². The van der Waals surface area contributed by atoms with Crippen molar-refractivity contribution in [2.45, 2.75) is 13.0 Å². The van der Waals surface area contributed by atoms with E-state index in [9.17, 15) is 5.11 Å². The average Bonchev–Trinajstić information content (AvgIpc) is 2.46. The third-order valence-electron chi connectivity index (χ3n) is 1.94. The van der Waals surface area contributed by atoms with E-state index < -0.39 is 6.10 Å². The lowest BCUT2D eigenvalue weighted by Gasteiger charge is -1.97. The van der Waals surface area contributed by atoms with Gasteiger partial charge >= 0.3 is 0 Å². The van der Waals surface area contributed by atoms with Gasteiger partial charge in [0.1, 0.15) is 0 Å². The molecule has 2 rings (SSSR count). The van der Waals surface area contributed by atoms with Crippen molar-refractivity contribution in [1.82, 2.24) is 4.98 Å². The first kappa shape index (κ1) is 7.37. The maximum Gasteiger partial charge on any atom is 0.0910 e. The number of H-pyrrole nitrogens is 1. The van der Waals surface area contributed by atoms with Crippen molar-refractivity contribution in [3.63, 3.8) is 0 Å². The molecule has 0 saturated carbocycles. The Morgan fingerprint density at radius 2 is 2.42 bits per heavy atom. The van der Waals surface area contributed by atoms with E-state index in [0.29, 0.717) is 0 Å². The monoisotopic (exact) mass is 160 g/mol. The Balaban J connectivity index is 2.62. The Hall–Kier alpha value is -1.28. The predicted molar refractivity (Wildman–Crippen MR) is 47.8 cm³/mol. The van der Waals surface area contributed by atoms with Gasteiger partial charge in [0, 0.05) is 16.6 Å². The summed E-state index contributed by atoms with van der Waals surface area (Å²) in [5.74, 6) is 0. The molecule has 0 aliphatic carbocycles. The van der Waals surface area contributed by atoms with Gasteiger partial charge < -0.3 is 10.1 Å². The zero-order valence-electron chi connectivity index (χ0n) is 6.83. The van der Waals surface area contributed by atoms with Crippen LogP contribution in [0.3, 0.4) is 0 Å². The van der Waals surface area contributed by atoms with E-state index in [-0.39, 0.29) is 0 Å². The molecule has 0 spiro atoms. The van der Waals surface area contributed by atoms with Crippen molar-refractivity contribution in [1.29, 1.82) is 0 Å². The highest BCUT2D eigenvalue weighted by molar-refractivity contribution is 5.80. The summed E-state index contributed by atoms with van der Waals surface area (Å²) in [6, 6.07) is 10.6. The van der Waals surface area contributed by atoms with Gasteiger partial charge in [-0.3, -0.25) is 0 Å². The lowest BCUT2D eigenvalue weighted by molar-refractivity contribution is 0.195. The Morgan fingerprint density at radius 3 is 3.08 bits per heavy atom. The molecule has 2 aromatic rings. The maximum absolute atomic E-state index is 9.28. The maximum atomic E-state index is 9.28. The van der Waals surface area contributed by atoms with Crippen LogP contribution in [0.25, 0.3) is 10.9 Å². The zero-order valence-corrected chi connectivity index (χ0v) is 6.83. The van der Waals surface area contributed by atoms with Crippen LogP contribution in [-0.2, 0) is 0 Å². The summed E-state index contributed by atoms with van der Waals surface area (Å²) in [6.07, 6.45) is -0.433. The minimum absolute atomic E-state index is 0.433. The van der Waals surface area contributed by atoms with Crippen LogP contribution in [0.15, 0.2) is 24.3 Å². The molecule has 1 heterocycles. The fourth-order valence-electron chi connectivity index (χ4n) is 1.26. The third-order valence-corrected chi connectivity index (χ3v) is 1.94. The summed E-state index contributed by atoms with van der Waals surface area (Å²) in [6.45, 7) is 1.74. The van der Waals surface area contributed by atoms with E-state index in [1.54, 1.807) is 6.92 Å². The molecule has 0 aliphatic heterocycles. The second-order valence-corrected chi connectivity index (χ2v) is 2.91. The van der Waals surface area contributed by atoms with Gasteiger partial charge in [-0.15, -0.1) is 0 Å². The molecule has 1 unspecified atom stereocenters. The Kier molecular flexibility index (Phi) is 1.62. The molecular formula is C10H10NO. The smallest absolute Gasteiger partial charge is 0.0910 e. The minimum atomic E-state index is -0.433. The standard InChI is InChI=1S/C10H10NO/c1-7(12)10-6-8-4-2-3-5-9(8)11-10/h3-7,11-12H,1H3. The molecule has 2 heteroatoms. The fourth-order valence-corrected chi connectivity index (χ4v) is 1.26. The van der Waals surface area contributed by atoms with Gasteiger partial charge in [-0.2, -0.15) is 0 Å². The van der Waals surface area contributed by atoms with Crippen molar-refractivity contribution >= 4 is 10.9 Å². The number of aliphatic hydroxyl groups is 1. The molecule has 1 aromatic heterocycles. The summed E-state index contributed by atoms with van der Waals surface area (Å²) in [4.78, 5) is 3.12. The highest BCUT2D eigenvalue weighted by Crippen LogP contribution is 2.18. The van der Waals surface area contributed by atoms with E-state index in [0.717, 1.165) is 16.6 Å². The molecule has 1 radical (unpaired) electrons. The average molecular weight is 160 g/mol. The number of aliphatic hydroxyl groups excluding tert-OH is 1. The van der Waals surface area contributed by atoms with Crippen molar-refractivity contribution in [2.75, 3.05) is 0 Å². The van der Waals surface area contributed by atoms with Crippen LogP contribution in [0.5, 0.6) is 0 Å². The number of aromatic nitrogens is 1. The van der Waals surface area contributed by atoms with Crippen LogP contribution in [0.1, 0.15) is 18.7 Å². The topological polar surface area (TPSA) is 36.0 Å². The molecule has 61 valence electrons. The molecule has 0 aliphatic rings. The number of nitrogens with one attached hydrogen (secondary N) is 1. The highest BCUT2D eigenvalue weighted by Gasteiger charge is 2.03. The van der Waals surface area contributed by atoms with Crippen LogP contribution >= 0.6 is 0 Å². The van der Waals surface area contributed by atoms with Crippen LogP contribution in [-0.4, -0.2) is 10.1 Å². The molecule has 2 N–H and O–H groups in total. The fraction of sp³-hybridized carbons (Fsp3) is 0.200. The van der Waals surface area contributed by atoms with Crippen molar-refractivity contribution < 1.29 is 5.11 Å². The quantitative estimate of drug-likeness (QED) is 0.657. The summed E-state index contributed by atoms with van der Waals surface area (Å²) in [5.41, 5.74) is 1.90. The van der Waals surface area contributed by atoms with Gasteiger partial charge in [-0.05, 0) is 31.2 Å². The number of rotatable bonds is 1. The molecule has 1 aromatic carbocycles. The van der Waals surface area contributed by atoms with E-state index in [2.05, 4.69) is 11.1 Å². The van der Waals surface area contributed by atoms with Gasteiger partial charge in [0.25, 0.3) is 0 Å². The number of hydrogen-bond acceptors (Lipinski definition) is 1. The van der Waals surface area contributed by atoms with Gasteiger partial charge in [-0.25, -0.2) is 0 Å². The van der Waals surface area contributed by atoms with Crippen LogP contribution in [0.2, 0.25) is 0 Å². The van der Waals surface area contributed by atoms with Crippen molar-refractivity contribution in [3.8, 4) is 0 Å². The largest absolute Gasteiger partial charge is 0.387 e. The second-order valence-electron chi connectivity index (χ2n) is 2.91. The Labute approximate surface area is 70.8 Å². The third kappa shape index (κ3) is 1.10. The molecule has 0 amide bonds. The molecule has 0 fully saturated rings. The summed E-state index contributed by atoms with van der Waals surface area (Å²) in [5, 5.41) is 10.4. The number of hydrogen-bond donors (Lipinski definition) is 2. The zero-order chi connectivity index (χ0) is 8.55. The van der Waals surface area contributed by atoms with Crippen molar-refractivity contribution in [3.05, 3.63) is 36.0 Å². The second kappa shape index (κ2) is 2.64. The SMILES string of the molecule is CC(O)c1cc2c[c]ccc2[nH]1. The molecule has 2 nitrogen and oxygen atoms in total. The first-order valence-electron chi connectivity index (χ1n) is 3.94. The number of fused-ring (bicyclic) bond motifs is 1. The normalized spacial score (nSPS) is 13.5. The summed E-state index contributed by atoms with van der Waals surface area (Å²) >= 11 is 0. The minimum Gasteiger partial charge on any atom is -0.387 e. The molecule has 12 heavy (non-hydrogen) atoms. The molecule has 1 atom stereocenters. The van der Waals surface area contributed by atoms with Gasteiger partial charge in [-0.1, -0.05) is 6.07 Å². The first-order chi connectivity index (χ1) is 5.77. The lowest BCUT2D eigenvalue weighted by Crippen LogP contribution is -1.88. The van der Waals surface area contributed by atoms with E-state index in [4.69, 9.17) is 0 Å². The summed E-state index contributed by atoms with van der Waals surface area (Å²) < 4.78 is 0. The lowest BCUT2D eigenvalue weighted by atomic mass is 10.2. The molecular weight excluding hydrogens is 150 g/mol. The molecule has 0 saturated heterocycles. The van der Waals surface area contributed by atoms with Crippen LogP contribution in [0, 0.1) is 6.07 Å². The van der Waals surface area contributed by atoms with Crippen LogP contribution in [0.4, 0.5) is 0 Å². The van der Waals surface area contributed by atoms with E-state index in [1.165, 1.54) is 0 Å². The number of aromatic amines is 1. The molecule has 0 bridgehead atoms. The van der Waals surface area contributed by atoms with Crippen LogP contribution < -0.4 is 0 Å².